The number of rotatable bonds is 4. The first kappa shape index (κ1) is 18.6. The number of hydrogen-bond donors (Lipinski definition) is 1. The van der Waals surface area contributed by atoms with Crippen molar-refractivity contribution in [2.24, 2.45) is 0 Å². The van der Waals surface area contributed by atoms with Crippen LogP contribution in [0.5, 0.6) is 0 Å². The Hall–Kier alpha value is -3.80. The van der Waals surface area contributed by atoms with Crippen LogP contribution in [-0.4, -0.2) is 20.7 Å². The number of benzene rings is 2. The van der Waals surface area contributed by atoms with Gasteiger partial charge >= 0.3 is 0 Å². The maximum absolute atomic E-state index is 13.3. The van der Waals surface area contributed by atoms with Gasteiger partial charge in [0, 0.05) is 18.0 Å². The van der Waals surface area contributed by atoms with Crippen molar-refractivity contribution in [1.82, 2.24) is 14.8 Å². The van der Waals surface area contributed by atoms with Crippen molar-refractivity contribution >= 4 is 11.7 Å². The number of amides is 1. The van der Waals surface area contributed by atoms with E-state index in [4.69, 9.17) is 0 Å². The normalized spacial score (nSPS) is 10.7. The summed E-state index contributed by atoms with van der Waals surface area (Å²) >= 11 is 0. The lowest BCUT2D eigenvalue weighted by Crippen LogP contribution is -2.14. The Morgan fingerprint density at radius 3 is 2.41 bits per heavy atom. The summed E-state index contributed by atoms with van der Waals surface area (Å²) in [4.78, 5) is 17.3. The highest BCUT2D eigenvalue weighted by molar-refractivity contribution is 6.08. The molecule has 5 nitrogen and oxygen atoms in total. The lowest BCUT2D eigenvalue weighted by Gasteiger charge is -2.07. The largest absolute Gasteiger partial charge is 0.306 e. The maximum Gasteiger partial charge on any atom is 0.260 e. The van der Waals surface area contributed by atoms with E-state index in [1.54, 1.807) is 29.2 Å². The quantitative estimate of drug-likeness (QED) is 0.540. The summed E-state index contributed by atoms with van der Waals surface area (Å²) < 4.78 is 14.9. The Balaban J connectivity index is 1.78. The fraction of sp³-hybridized carbons (Fsp3) is 0.0870. The minimum Gasteiger partial charge on any atom is -0.306 e. The Bertz CT molecular complexity index is 1160. The molecule has 29 heavy (non-hydrogen) atoms. The fourth-order valence-corrected chi connectivity index (χ4v) is 2.98. The predicted octanol–water partition coefficient (Wildman–Crippen LogP) is 4.94. The molecule has 4 rings (SSSR count). The van der Waals surface area contributed by atoms with Crippen molar-refractivity contribution in [2.75, 3.05) is 5.32 Å². The first-order valence-corrected chi connectivity index (χ1v) is 9.17. The Labute approximate surface area is 167 Å². The Morgan fingerprint density at radius 2 is 1.72 bits per heavy atom. The fourth-order valence-electron chi connectivity index (χ4n) is 2.98. The van der Waals surface area contributed by atoms with Crippen LogP contribution in [0.15, 0.2) is 73.1 Å². The second-order valence-electron chi connectivity index (χ2n) is 6.80. The lowest BCUT2D eigenvalue weighted by atomic mass is 10.1. The SMILES string of the molecule is Cc1ccc(-c2nn(-c3ccc(F)cc3)cc2C(=O)Nc2ncccc2C)cc1. The van der Waals surface area contributed by atoms with Gasteiger partial charge in [-0.15, -0.1) is 0 Å². The standard InChI is InChI=1S/C23H19FN4O/c1-15-5-7-17(8-6-15)21-20(23(29)26-22-16(2)4-3-13-25-22)14-28(27-21)19-11-9-18(24)10-12-19/h3-14H,1-2H3,(H,25,26,29). The third-order valence-corrected chi connectivity index (χ3v) is 4.62. The molecule has 2 heterocycles. The molecule has 1 amide bonds. The van der Waals surface area contributed by atoms with Gasteiger partial charge in [-0.05, 0) is 49.7 Å². The number of nitrogens with zero attached hydrogens (tertiary/aromatic N) is 3. The van der Waals surface area contributed by atoms with Gasteiger partial charge in [0.25, 0.3) is 5.91 Å². The molecule has 0 spiro atoms. The number of aryl methyl sites for hydroxylation is 2. The number of carbonyl (C=O) groups is 1. The highest BCUT2D eigenvalue weighted by Crippen LogP contribution is 2.25. The van der Waals surface area contributed by atoms with Crippen LogP contribution in [0.4, 0.5) is 10.2 Å². The maximum atomic E-state index is 13.3. The summed E-state index contributed by atoms with van der Waals surface area (Å²) in [5.41, 5.74) is 4.40. The van der Waals surface area contributed by atoms with Crippen molar-refractivity contribution in [3.63, 3.8) is 0 Å². The molecule has 6 heteroatoms. The second kappa shape index (κ2) is 7.67. The third-order valence-electron chi connectivity index (χ3n) is 4.62. The zero-order chi connectivity index (χ0) is 20.4. The molecule has 0 aliphatic rings. The van der Waals surface area contributed by atoms with Gasteiger partial charge in [0.2, 0.25) is 0 Å². The number of halogens is 1. The average Bonchev–Trinajstić information content (AvgIpc) is 3.16. The highest BCUT2D eigenvalue weighted by atomic mass is 19.1. The van der Waals surface area contributed by atoms with Crippen LogP contribution in [0.2, 0.25) is 0 Å². The smallest absolute Gasteiger partial charge is 0.260 e. The minimum atomic E-state index is -0.330. The summed E-state index contributed by atoms with van der Waals surface area (Å²) in [7, 11) is 0. The van der Waals surface area contributed by atoms with Gasteiger partial charge in [-0.2, -0.15) is 5.10 Å². The van der Waals surface area contributed by atoms with Crippen LogP contribution in [-0.2, 0) is 0 Å². The Kier molecular flexibility index (Phi) is 4.91. The van der Waals surface area contributed by atoms with Crippen molar-refractivity contribution in [1.29, 1.82) is 0 Å². The summed E-state index contributed by atoms with van der Waals surface area (Å²) in [6.07, 6.45) is 3.28. The van der Waals surface area contributed by atoms with Gasteiger partial charge in [0.15, 0.2) is 0 Å². The molecule has 0 saturated carbocycles. The van der Waals surface area contributed by atoms with Crippen LogP contribution in [0.3, 0.4) is 0 Å². The van der Waals surface area contributed by atoms with Crippen LogP contribution >= 0.6 is 0 Å². The summed E-state index contributed by atoms with van der Waals surface area (Å²) in [5.74, 6) is -0.138. The van der Waals surface area contributed by atoms with Gasteiger partial charge in [0.1, 0.15) is 17.3 Å². The molecule has 0 aliphatic heterocycles. The summed E-state index contributed by atoms with van der Waals surface area (Å²) in [5, 5.41) is 7.47. The van der Waals surface area contributed by atoms with Crippen molar-refractivity contribution in [2.45, 2.75) is 13.8 Å². The highest BCUT2D eigenvalue weighted by Gasteiger charge is 2.19. The molecule has 0 bridgehead atoms. The molecule has 2 aromatic carbocycles. The molecule has 0 atom stereocenters. The van der Waals surface area contributed by atoms with Crippen molar-refractivity contribution in [3.8, 4) is 16.9 Å². The molecule has 0 unspecified atom stereocenters. The van der Waals surface area contributed by atoms with E-state index in [1.165, 1.54) is 12.1 Å². The molecule has 0 saturated heterocycles. The first-order chi connectivity index (χ1) is 14.0. The molecule has 4 aromatic rings. The molecule has 1 N–H and O–H groups in total. The molecule has 144 valence electrons. The van der Waals surface area contributed by atoms with Gasteiger partial charge < -0.3 is 5.32 Å². The molecule has 0 radical (unpaired) electrons. The number of hydrogen-bond acceptors (Lipinski definition) is 3. The van der Waals surface area contributed by atoms with Crippen LogP contribution in [0, 0.1) is 19.7 Å². The second-order valence-corrected chi connectivity index (χ2v) is 6.80. The number of anilines is 1. The van der Waals surface area contributed by atoms with Gasteiger partial charge in [0.05, 0.1) is 11.3 Å². The van der Waals surface area contributed by atoms with E-state index in [9.17, 15) is 9.18 Å². The zero-order valence-corrected chi connectivity index (χ0v) is 16.1. The zero-order valence-electron chi connectivity index (χ0n) is 16.1. The van der Waals surface area contributed by atoms with Crippen molar-refractivity contribution in [3.05, 3.63) is 95.6 Å². The van der Waals surface area contributed by atoms with Gasteiger partial charge in [-0.3, -0.25) is 4.79 Å². The monoisotopic (exact) mass is 386 g/mol. The van der Waals surface area contributed by atoms with E-state index in [2.05, 4.69) is 15.4 Å². The summed E-state index contributed by atoms with van der Waals surface area (Å²) in [6.45, 7) is 3.88. The molecule has 0 aliphatic carbocycles. The minimum absolute atomic E-state index is 0.310. The van der Waals surface area contributed by atoms with E-state index in [-0.39, 0.29) is 11.7 Å². The molecular formula is C23H19FN4O. The van der Waals surface area contributed by atoms with Crippen LogP contribution < -0.4 is 5.32 Å². The van der Waals surface area contributed by atoms with Gasteiger partial charge in [-0.25, -0.2) is 14.1 Å². The number of pyridine rings is 1. The van der Waals surface area contributed by atoms with E-state index in [1.807, 2.05) is 50.2 Å². The molecule has 2 aromatic heterocycles. The molecule has 0 fully saturated rings. The van der Waals surface area contributed by atoms with E-state index >= 15 is 0 Å². The van der Waals surface area contributed by atoms with Crippen LogP contribution in [0.1, 0.15) is 21.5 Å². The Morgan fingerprint density at radius 1 is 1.00 bits per heavy atom. The predicted molar refractivity (Wildman–Crippen MR) is 111 cm³/mol. The number of carbonyl (C=O) groups excluding carboxylic acids is 1. The van der Waals surface area contributed by atoms with E-state index in [0.29, 0.717) is 22.8 Å². The van der Waals surface area contributed by atoms with E-state index in [0.717, 1.165) is 16.7 Å². The van der Waals surface area contributed by atoms with Gasteiger partial charge in [-0.1, -0.05) is 35.9 Å². The first-order valence-electron chi connectivity index (χ1n) is 9.17. The topological polar surface area (TPSA) is 59.8 Å². The van der Waals surface area contributed by atoms with Crippen molar-refractivity contribution < 1.29 is 9.18 Å². The number of nitrogens with one attached hydrogen (secondary N) is 1. The van der Waals surface area contributed by atoms with E-state index < -0.39 is 0 Å². The van der Waals surface area contributed by atoms with Crippen LogP contribution in [0.25, 0.3) is 16.9 Å². The molecular weight excluding hydrogens is 367 g/mol. The number of aromatic nitrogens is 3. The third kappa shape index (κ3) is 3.91. The lowest BCUT2D eigenvalue weighted by molar-refractivity contribution is 0.102. The summed E-state index contributed by atoms with van der Waals surface area (Å²) in [6, 6.07) is 17.4. The average molecular weight is 386 g/mol.